The van der Waals surface area contributed by atoms with Crippen LogP contribution in [0.3, 0.4) is 0 Å². The lowest BCUT2D eigenvalue weighted by molar-refractivity contribution is -0.151. The number of rotatable bonds is 41. The standard InChI is InChI=1S/C48H89NO5/c1-4-7-10-13-16-19-22-24-26-29-32-35-38-41-48(53)54-44(39-36-33-30-27-25-23-20-17-14-11-8-5-2)42-47(52)49-45(43-50)46(51)40-37-34-31-28-21-18-15-12-9-6-3/h8,11,17,20,24,26,44-46,50-51H,4-7,9-10,12-16,18-19,21-23,25,27-43H2,1-3H3,(H,49,52)/b11-8+,20-17+,26-24-. The highest BCUT2D eigenvalue weighted by Crippen LogP contribution is 2.17. The van der Waals surface area contributed by atoms with Gasteiger partial charge in [-0.05, 0) is 77.0 Å². The van der Waals surface area contributed by atoms with Gasteiger partial charge in [0.25, 0.3) is 0 Å². The molecule has 0 aromatic rings. The van der Waals surface area contributed by atoms with Crippen molar-refractivity contribution in [1.29, 1.82) is 0 Å². The molecule has 0 heterocycles. The van der Waals surface area contributed by atoms with E-state index in [0.717, 1.165) is 83.5 Å². The summed E-state index contributed by atoms with van der Waals surface area (Å²) >= 11 is 0. The topological polar surface area (TPSA) is 95.9 Å². The van der Waals surface area contributed by atoms with Gasteiger partial charge in [-0.15, -0.1) is 0 Å². The van der Waals surface area contributed by atoms with E-state index in [9.17, 15) is 19.8 Å². The fourth-order valence-corrected chi connectivity index (χ4v) is 6.93. The fraction of sp³-hybridized carbons (Fsp3) is 0.833. The van der Waals surface area contributed by atoms with Crippen molar-refractivity contribution in [2.75, 3.05) is 6.61 Å². The zero-order valence-electron chi connectivity index (χ0n) is 35.9. The van der Waals surface area contributed by atoms with Crippen LogP contribution in [0.25, 0.3) is 0 Å². The van der Waals surface area contributed by atoms with Gasteiger partial charge < -0.3 is 20.3 Å². The van der Waals surface area contributed by atoms with Crippen LogP contribution >= 0.6 is 0 Å². The van der Waals surface area contributed by atoms with Crippen molar-refractivity contribution >= 4 is 11.9 Å². The van der Waals surface area contributed by atoms with Gasteiger partial charge >= 0.3 is 5.97 Å². The third kappa shape index (κ3) is 37.0. The van der Waals surface area contributed by atoms with Crippen LogP contribution in [0.2, 0.25) is 0 Å². The van der Waals surface area contributed by atoms with Gasteiger partial charge in [-0.3, -0.25) is 9.59 Å². The van der Waals surface area contributed by atoms with Crippen LogP contribution in [0, 0.1) is 0 Å². The molecule has 0 saturated carbocycles. The molecule has 54 heavy (non-hydrogen) atoms. The maximum absolute atomic E-state index is 13.1. The number of aliphatic hydroxyl groups is 2. The minimum absolute atomic E-state index is 0.0634. The SMILES string of the molecule is CC/C=C/C/C=C/CCCCCCCC(CC(=O)NC(CO)C(O)CCCCCCCCCCCC)OC(=O)CCCCC/C=C\CCCCCCCC. The van der Waals surface area contributed by atoms with E-state index in [1.165, 1.54) is 103 Å². The van der Waals surface area contributed by atoms with Crippen LogP contribution in [-0.4, -0.2) is 46.9 Å². The number of esters is 1. The van der Waals surface area contributed by atoms with Crippen molar-refractivity contribution in [1.82, 2.24) is 5.32 Å². The van der Waals surface area contributed by atoms with E-state index >= 15 is 0 Å². The number of allylic oxidation sites excluding steroid dienone is 6. The first-order chi connectivity index (χ1) is 26.5. The summed E-state index contributed by atoms with van der Waals surface area (Å²) in [7, 11) is 0. The molecule has 316 valence electrons. The molecule has 6 nitrogen and oxygen atoms in total. The number of aliphatic hydroxyl groups excluding tert-OH is 2. The van der Waals surface area contributed by atoms with E-state index in [4.69, 9.17) is 4.74 Å². The first-order valence-electron chi connectivity index (χ1n) is 23.2. The average Bonchev–Trinajstić information content (AvgIpc) is 3.16. The van der Waals surface area contributed by atoms with E-state index < -0.39 is 18.2 Å². The molecule has 3 N–H and O–H groups in total. The van der Waals surface area contributed by atoms with Gasteiger partial charge in [0.05, 0.1) is 25.2 Å². The van der Waals surface area contributed by atoms with Crippen molar-refractivity contribution < 1.29 is 24.5 Å². The van der Waals surface area contributed by atoms with Crippen molar-refractivity contribution in [2.24, 2.45) is 0 Å². The Balaban J connectivity index is 4.63. The zero-order chi connectivity index (χ0) is 39.6. The maximum atomic E-state index is 13.1. The molecule has 0 aliphatic heterocycles. The number of amides is 1. The first kappa shape index (κ1) is 52.1. The summed E-state index contributed by atoms with van der Waals surface area (Å²) in [6.45, 7) is 6.34. The van der Waals surface area contributed by atoms with E-state index in [1.807, 2.05) is 0 Å². The van der Waals surface area contributed by atoms with Gasteiger partial charge in [-0.25, -0.2) is 0 Å². The molecule has 0 aromatic heterocycles. The Morgan fingerprint density at radius 1 is 0.556 bits per heavy atom. The summed E-state index contributed by atoms with van der Waals surface area (Å²) in [4.78, 5) is 26.0. The molecule has 0 rings (SSSR count). The Morgan fingerprint density at radius 3 is 1.52 bits per heavy atom. The summed E-state index contributed by atoms with van der Waals surface area (Å²) in [6, 6.07) is -0.705. The quantitative estimate of drug-likeness (QED) is 0.0328. The summed E-state index contributed by atoms with van der Waals surface area (Å²) in [5.41, 5.74) is 0. The van der Waals surface area contributed by atoms with Crippen molar-refractivity contribution in [3.8, 4) is 0 Å². The number of hydrogen-bond acceptors (Lipinski definition) is 5. The summed E-state index contributed by atoms with van der Waals surface area (Å²) < 4.78 is 5.89. The number of carbonyl (C=O) groups is 2. The lowest BCUT2D eigenvalue weighted by atomic mass is 10.0. The van der Waals surface area contributed by atoms with Crippen LogP contribution in [0.1, 0.15) is 233 Å². The lowest BCUT2D eigenvalue weighted by Crippen LogP contribution is -2.46. The molecular formula is C48H89NO5. The average molecular weight is 760 g/mol. The Morgan fingerprint density at radius 2 is 1.00 bits per heavy atom. The molecule has 6 heteroatoms. The summed E-state index contributed by atoms with van der Waals surface area (Å²) in [5.74, 6) is -0.506. The minimum Gasteiger partial charge on any atom is -0.462 e. The van der Waals surface area contributed by atoms with E-state index in [1.54, 1.807) is 0 Å². The first-order valence-corrected chi connectivity index (χ1v) is 23.2. The Hall–Kier alpha value is -1.92. The van der Waals surface area contributed by atoms with Gasteiger partial charge in [0.1, 0.15) is 6.10 Å². The number of carbonyl (C=O) groups excluding carboxylic acids is 2. The number of nitrogens with one attached hydrogen (secondary N) is 1. The van der Waals surface area contributed by atoms with Crippen molar-refractivity contribution in [3.05, 3.63) is 36.5 Å². The second kappa shape index (κ2) is 42.2. The number of ether oxygens (including phenoxy) is 1. The van der Waals surface area contributed by atoms with Gasteiger partial charge in [-0.1, -0.05) is 179 Å². The second-order valence-electron chi connectivity index (χ2n) is 15.8. The molecule has 3 unspecified atom stereocenters. The molecule has 0 fully saturated rings. The van der Waals surface area contributed by atoms with Crippen LogP contribution in [0.4, 0.5) is 0 Å². The van der Waals surface area contributed by atoms with Crippen molar-refractivity contribution in [2.45, 2.75) is 251 Å². The molecule has 0 aromatic carbocycles. The Kier molecular flexibility index (Phi) is 40.7. The third-order valence-corrected chi connectivity index (χ3v) is 10.5. The molecule has 0 aliphatic rings. The summed E-state index contributed by atoms with van der Waals surface area (Å²) in [5, 5.41) is 23.6. The maximum Gasteiger partial charge on any atom is 0.306 e. The van der Waals surface area contributed by atoms with Gasteiger partial charge in [-0.2, -0.15) is 0 Å². The normalized spacial score (nSPS) is 13.6. The predicted molar refractivity (Wildman–Crippen MR) is 232 cm³/mol. The van der Waals surface area contributed by atoms with Crippen LogP contribution in [0.5, 0.6) is 0 Å². The number of hydrogen-bond donors (Lipinski definition) is 3. The summed E-state index contributed by atoms with van der Waals surface area (Å²) in [6.07, 6.45) is 47.7. The highest BCUT2D eigenvalue weighted by Gasteiger charge is 2.24. The van der Waals surface area contributed by atoms with Gasteiger partial charge in [0.15, 0.2) is 0 Å². The second-order valence-corrected chi connectivity index (χ2v) is 15.8. The smallest absolute Gasteiger partial charge is 0.306 e. The molecule has 0 radical (unpaired) electrons. The lowest BCUT2D eigenvalue weighted by Gasteiger charge is -2.24. The van der Waals surface area contributed by atoms with E-state index in [-0.39, 0.29) is 24.9 Å². The fourth-order valence-electron chi connectivity index (χ4n) is 6.93. The van der Waals surface area contributed by atoms with Crippen LogP contribution < -0.4 is 5.32 Å². The third-order valence-electron chi connectivity index (χ3n) is 10.5. The molecule has 3 atom stereocenters. The zero-order valence-corrected chi connectivity index (χ0v) is 35.9. The van der Waals surface area contributed by atoms with Crippen molar-refractivity contribution in [3.63, 3.8) is 0 Å². The number of unbranched alkanes of at least 4 members (excludes halogenated alkanes) is 23. The predicted octanol–water partition coefficient (Wildman–Crippen LogP) is 13.3. The van der Waals surface area contributed by atoms with Gasteiger partial charge in [0, 0.05) is 6.42 Å². The Bertz CT molecular complexity index is 900. The molecule has 0 bridgehead atoms. The molecule has 0 saturated heterocycles. The highest BCUT2D eigenvalue weighted by atomic mass is 16.5. The highest BCUT2D eigenvalue weighted by molar-refractivity contribution is 5.77. The van der Waals surface area contributed by atoms with E-state index in [2.05, 4.69) is 62.5 Å². The van der Waals surface area contributed by atoms with Crippen LogP contribution in [-0.2, 0) is 14.3 Å². The molecule has 0 spiro atoms. The molecular weight excluding hydrogens is 671 g/mol. The van der Waals surface area contributed by atoms with Gasteiger partial charge in [0.2, 0.25) is 5.91 Å². The molecule has 0 aliphatic carbocycles. The minimum atomic E-state index is -0.790. The largest absolute Gasteiger partial charge is 0.462 e. The molecule has 1 amide bonds. The van der Waals surface area contributed by atoms with Crippen LogP contribution in [0.15, 0.2) is 36.5 Å². The monoisotopic (exact) mass is 760 g/mol. The Labute approximate surface area is 334 Å². The van der Waals surface area contributed by atoms with E-state index in [0.29, 0.717) is 19.3 Å².